The number of unbranched alkanes of at least 4 members (excludes halogenated alkanes) is 1. The number of hydrogen-bond donors (Lipinski definition) is 1. The Labute approximate surface area is 210 Å². The van der Waals surface area contributed by atoms with Gasteiger partial charge in [-0.25, -0.2) is 0 Å². The molecule has 0 saturated heterocycles. The topological polar surface area (TPSA) is 86.3 Å². The quantitative estimate of drug-likeness (QED) is 0.409. The number of anilines is 2. The largest absolute Gasteiger partial charge is 0.497 e. The molecule has 0 fully saturated rings. The maximum atomic E-state index is 12.9. The number of nitrogens with zero attached hydrogens (tertiary/aromatic N) is 1. The SMILES string of the molecule is COc1cc(OC)cc(C(=O)Nc2ccc3c(c2)N(CCCCOc2ccc(C)cc2)C(=O)CO3)c1. The maximum Gasteiger partial charge on any atom is 0.265 e. The average molecular weight is 491 g/mol. The molecule has 3 aromatic rings. The van der Waals surface area contributed by atoms with Crippen LogP contribution >= 0.6 is 0 Å². The number of rotatable bonds is 10. The summed E-state index contributed by atoms with van der Waals surface area (Å²) in [4.78, 5) is 27.2. The number of aryl methyl sites for hydroxylation is 1. The van der Waals surface area contributed by atoms with Gasteiger partial charge in [0.2, 0.25) is 0 Å². The second-order valence-corrected chi connectivity index (χ2v) is 8.44. The molecule has 1 aliphatic rings. The molecule has 0 aromatic heterocycles. The van der Waals surface area contributed by atoms with Gasteiger partial charge in [0.25, 0.3) is 11.8 Å². The Morgan fingerprint density at radius 1 is 0.944 bits per heavy atom. The normalized spacial score (nSPS) is 12.4. The fourth-order valence-corrected chi connectivity index (χ4v) is 3.86. The number of carbonyl (C=O) groups excluding carboxylic acids is 2. The summed E-state index contributed by atoms with van der Waals surface area (Å²) in [5.74, 6) is 2.02. The standard InChI is InChI=1S/C28H30N2O6/c1-19-6-9-22(10-7-19)35-13-5-4-12-30-25-16-21(8-11-26(25)36-18-27(30)31)29-28(32)20-14-23(33-2)17-24(15-20)34-3/h6-11,14-17H,4-5,12-13,18H2,1-3H3,(H,29,32). The molecule has 0 saturated carbocycles. The molecule has 1 heterocycles. The van der Waals surface area contributed by atoms with Crippen LogP contribution in [0.4, 0.5) is 11.4 Å². The van der Waals surface area contributed by atoms with Crippen molar-refractivity contribution in [3.63, 3.8) is 0 Å². The smallest absolute Gasteiger partial charge is 0.265 e. The number of carbonyl (C=O) groups is 2. The molecule has 1 aliphatic heterocycles. The molecule has 2 amide bonds. The van der Waals surface area contributed by atoms with Gasteiger partial charge in [-0.05, 0) is 62.2 Å². The van der Waals surface area contributed by atoms with E-state index in [1.165, 1.54) is 19.8 Å². The zero-order chi connectivity index (χ0) is 25.5. The predicted octanol–water partition coefficient (Wildman–Crippen LogP) is 4.85. The van der Waals surface area contributed by atoms with Gasteiger partial charge in [-0.1, -0.05) is 17.7 Å². The van der Waals surface area contributed by atoms with Crippen LogP contribution in [0.1, 0.15) is 28.8 Å². The van der Waals surface area contributed by atoms with Crippen molar-refractivity contribution >= 4 is 23.2 Å². The minimum Gasteiger partial charge on any atom is -0.497 e. The van der Waals surface area contributed by atoms with Crippen molar-refractivity contribution in [2.45, 2.75) is 19.8 Å². The molecule has 8 nitrogen and oxygen atoms in total. The van der Waals surface area contributed by atoms with E-state index in [0.717, 1.165) is 18.6 Å². The number of fused-ring (bicyclic) bond motifs is 1. The van der Waals surface area contributed by atoms with Crippen LogP contribution in [0.2, 0.25) is 0 Å². The van der Waals surface area contributed by atoms with Crippen LogP contribution in [-0.2, 0) is 4.79 Å². The summed E-state index contributed by atoms with van der Waals surface area (Å²) >= 11 is 0. The Morgan fingerprint density at radius 2 is 1.67 bits per heavy atom. The molecule has 188 valence electrons. The summed E-state index contributed by atoms with van der Waals surface area (Å²) in [5.41, 5.74) is 2.76. The maximum absolute atomic E-state index is 12.9. The molecule has 1 N–H and O–H groups in total. The first-order valence-corrected chi connectivity index (χ1v) is 11.8. The van der Waals surface area contributed by atoms with E-state index < -0.39 is 0 Å². The summed E-state index contributed by atoms with van der Waals surface area (Å²) in [6.07, 6.45) is 1.55. The van der Waals surface area contributed by atoms with E-state index in [1.807, 2.05) is 31.2 Å². The van der Waals surface area contributed by atoms with Crippen LogP contribution in [0.5, 0.6) is 23.0 Å². The number of amides is 2. The first-order valence-electron chi connectivity index (χ1n) is 11.8. The van der Waals surface area contributed by atoms with E-state index in [0.29, 0.717) is 47.3 Å². The summed E-state index contributed by atoms with van der Waals surface area (Å²) in [5, 5.41) is 2.88. The van der Waals surface area contributed by atoms with Crippen LogP contribution in [0.15, 0.2) is 60.7 Å². The number of methoxy groups -OCH3 is 2. The molecule has 0 aliphatic carbocycles. The van der Waals surface area contributed by atoms with E-state index in [4.69, 9.17) is 18.9 Å². The van der Waals surface area contributed by atoms with Gasteiger partial charge in [-0.3, -0.25) is 9.59 Å². The highest BCUT2D eigenvalue weighted by Gasteiger charge is 2.25. The Morgan fingerprint density at radius 3 is 2.36 bits per heavy atom. The molecule has 0 spiro atoms. The van der Waals surface area contributed by atoms with E-state index >= 15 is 0 Å². The van der Waals surface area contributed by atoms with Crippen LogP contribution in [0.3, 0.4) is 0 Å². The van der Waals surface area contributed by atoms with Gasteiger partial charge in [0, 0.05) is 23.9 Å². The fourth-order valence-electron chi connectivity index (χ4n) is 3.86. The van der Waals surface area contributed by atoms with Crippen molar-refractivity contribution < 1.29 is 28.5 Å². The summed E-state index contributed by atoms with van der Waals surface area (Å²) in [6.45, 7) is 3.11. The second kappa shape index (κ2) is 11.5. The summed E-state index contributed by atoms with van der Waals surface area (Å²) in [7, 11) is 3.06. The van der Waals surface area contributed by atoms with Crippen molar-refractivity contribution in [3.05, 3.63) is 71.8 Å². The monoisotopic (exact) mass is 490 g/mol. The molecular formula is C28H30N2O6. The Hall–Kier alpha value is -4.20. The highest BCUT2D eigenvalue weighted by molar-refractivity contribution is 6.06. The van der Waals surface area contributed by atoms with Crippen LogP contribution in [-0.4, -0.2) is 45.8 Å². The lowest BCUT2D eigenvalue weighted by Crippen LogP contribution is -2.39. The Kier molecular flexibility index (Phi) is 7.95. The van der Waals surface area contributed by atoms with Crippen LogP contribution < -0.4 is 29.2 Å². The summed E-state index contributed by atoms with van der Waals surface area (Å²) in [6, 6.07) is 18.2. The van der Waals surface area contributed by atoms with Crippen molar-refractivity contribution in [2.75, 3.05) is 44.2 Å². The van der Waals surface area contributed by atoms with Gasteiger partial charge in [-0.2, -0.15) is 0 Å². The first kappa shape index (κ1) is 24.9. The van der Waals surface area contributed by atoms with Crippen LogP contribution in [0, 0.1) is 6.92 Å². The average Bonchev–Trinajstić information content (AvgIpc) is 2.90. The van der Waals surface area contributed by atoms with E-state index in [-0.39, 0.29) is 18.4 Å². The molecule has 8 heteroatoms. The molecule has 0 unspecified atom stereocenters. The third-order valence-electron chi connectivity index (χ3n) is 5.84. The number of benzene rings is 3. The van der Waals surface area contributed by atoms with Gasteiger partial charge < -0.3 is 29.2 Å². The number of nitrogens with one attached hydrogen (secondary N) is 1. The molecule has 4 rings (SSSR count). The van der Waals surface area contributed by atoms with Gasteiger partial charge in [0.05, 0.1) is 26.5 Å². The zero-order valence-electron chi connectivity index (χ0n) is 20.7. The Bertz CT molecular complexity index is 1200. The first-order chi connectivity index (χ1) is 17.5. The molecule has 36 heavy (non-hydrogen) atoms. The van der Waals surface area contributed by atoms with E-state index in [2.05, 4.69) is 5.32 Å². The van der Waals surface area contributed by atoms with Crippen molar-refractivity contribution in [2.24, 2.45) is 0 Å². The van der Waals surface area contributed by atoms with Crippen molar-refractivity contribution in [1.29, 1.82) is 0 Å². The molecule has 0 bridgehead atoms. The molecule has 3 aromatic carbocycles. The number of hydrogen-bond acceptors (Lipinski definition) is 6. The minimum absolute atomic E-state index is 0.0117. The van der Waals surface area contributed by atoms with Crippen molar-refractivity contribution in [1.82, 2.24) is 0 Å². The zero-order valence-corrected chi connectivity index (χ0v) is 20.7. The lowest BCUT2D eigenvalue weighted by Gasteiger charge is -2.30. The third-order valence-corrected chi connectivity index (χ3v) is 5.84. The predicted molar refractivity (Wildman–Crippen MR) is 138 cm³/mol. The van der Waals surface area contributed by atoms with E-state index in [9.17, 15) is 9.59 Å². The summed E-state index contributed by atoms with van der Waals surface area (Å²) < 4.78 is 21.9. The lowest BCUT2D eigenvalue weighted by molar-refractivity contribution is -0.121. The van der Waals surface area contributed by atoms with E-state index in [1.54, 1.807) is 41.3 Å². The lowest BCUT2D eigenvalue weighted by atomic mass is 10.1. The molecule has 0 atom stereocenters. The highest BCUT2D eigenvalue weighted by atomic mass is 16.5. The van der Waals surface area contributed by atoms with Gasteiger partial charge >= 0.3 is 0 Å². The number of ether oxygens (including phenoxy) is 4. The van der Waals surface area contributed by atoms with Gasteiger partial charge in [-0.15, -0.1) is 0 Å². The van der Waals surface area contributed by atoms with Crippen molar-refractivity contribution in [3.8, 4) is 23.0 Å². The van der Waals surface area contributed by atoms with Gasteiger partial charge in [0.1, 0.15) is 23.0 Å². The van der Waals surface area contributed by atoms with Crippen LogP contribution in [0.25, 0.3) is 0 Å². The minimum atomic E-state index is -0.324. The third kappa shape index (κ3) is 6.07. The molecule has 0 radical (unpaired) electrons. The Balaban J connectivity index is 1.40. The second-order valence-electron chi connectivity index (χ2n) is 8.44. The fraction of sp³-hybridized carbons (Fsp3) is 0.286. The molecular weight excluding hydrogens is 460 g/mol. The van der Waals surface area contributed by atoms with Gasteiger partial charge in [0.15, 0.2) is 6.61 Å². The highest BCUT2D eigenvalue weighted by Crippen LogP contribution is 2.35.